The molecule has 0 bridgehead atoms. The fourth-order valence-corrected chi connectivity index (χ4v) is 7.44. The van der Waals surface area contributed by atoms with E-state index in [1.807, 2.05) is 27.7 Å². The molecule has 1 aliphatic rings. The van der Waals surface area contributed by atoms with E-state index in [0.717, 1.165) is 12.8 Å². The molecule has 7 heteroatoms. The highest BCUT2D eigenvalue weighted by atomic mass is 32.2. The Labute approximate surface area is 179 Å². The highest BCUT2D eigenvalue weighted by Crippen LogP contribution is 2.50. The van der Waals surface area contributed by atoms with Crippen LogP contribution in [0.2, 0.25) is 0 Å². The lowest BCUT2D eigenvalue weighted by atomic mass is 9.75. The lowest BCUT2D eigenvalue weighted by Gasteiger charge is -2.36. The van der Waals surface area contributed by atoms with Gasteiger partial charge in [0.05, 0.1) is 28.5 Å². The molecule has 1 fully saturated rings. The molecule has 0 amide bonds. The maximum absolute atomic E-state index is 13.6. The van der Waals surface area contributed by atoms with Gasteiger partial charge in [0, 0.05) is 0 Å². The molecular weight excluding hydrogens is 407 g/mol. The first kappa shape index (κ1) is 24.7. The van der Waals surface area contributed by atoms with E-state index in [1.165, 1.54) is 6.42 Å². The van der Waals surface area contributed by atoms with Crippen LogP contribution in [0.15, 0.2) is 29.2 Å². The number of rotatable bonds is 9. The van der Waals surface area contributed by atoms with Crippen molar-refractivity contribution in [3.8, 4) is 0 Å². The molecule has 5 nitrogen and oxygen atoms in total. The van der Waals surface area contributed by atoms with Crippen LogP contribution in [0, 0.1) is 17.8 Å². The first-order valence-electron chi connectivity index (χ1n) is 10.7. The quantitative estimate of drug-likeness (QED) is 0.447. The molecular formula is C22H37O5PS. The largest absolute Gasteiger partial charge is 0.363 e. The maximum atomic E-state index is 13.6. The van der Waals surface area contributed by atoms with Crippen LogP contribution < -0.4 is 5.30 Å². The van der Waals surface area contributed by atoms with Gasteiger partial charge in [-0.3, -0.25) is 8.75 Å². The Hall–Kier alpha value is -0.520. The molecule has 0 saturated heterocycles. The molecule has 0 spiro atoms. The van der Waals surface area contributed by atoms with Crippen molar-refractivity contribution < 1.29 is 22.0 Å². The van der Waals surface area contributed by atoms with Gasteiger partial charge in [-0.05, 0) is 70.4 Å². The maximum Gasteiger partial charge on any atom is 0.363 e. The first-order valence-corrected chi connectivity index (χ1v) is 13.3. The van der Waals surface area contributed by atoms with Crippen LogP contribution in [-0.2, 0) is 28.9 Å². The number of hydrogen-bond donors (Lipinski definition) is 0. The standard InChI is InChI=1S/C22H37O5PS/c1-15(2)19-13-12-18(7)14-20(19)27-29(24)22-11-9-8-10-21(22)28(23,25-16(3)4)26-17(5)6/h8-11,15-20H,12-14H2,1-7H3/t18-,19+,20-,29?/m1/s1. The van der Waals surface area contributed by atoms with E-state index < -0.39 is 18.7 Å². The summed E-state index contributed by atoms with van der Waals surface area (Å²) in [4.78, 5) is 0.373. The number of hydrogen-bond acceptors (Lipinski definition) is 5. The lowest BCUT2D eigenvalue weighted by molar-refractivity contribution is 0.0567. The highest BCUT2D eigenvalue weighted by Gasteiger charge is 2.37. The molecule has 0 radical (unpaired) electrons. The summed E-state index contributed by atoms with van der Waals surface area (Å²) in [5.41, 5.74) is 0. The van der Waals surface area contributed by atoms with Crippen molar-refractivity contribution in [1.29, 1.82) is 0 Å². The average Bonchev–Trinajstić information content (AvgIpc) is 2.60. The third-order valence-corrected chi connectivity index (χ3v) is 8.88. The SMILES string of the molecule is CC(C)OP(=O)(OC(C)C)c1ccccc1S(=O)O[C@@H]1C[C@H](C)CC[C@H]1C(C)C. The molecule has 4 atom stereocenters. The molecule has 2 rings (SSSR count). The van der Waals surface area contributed by atoms with Gasteiger partial charge >= 0.3 is 7.60 Å². The Kier molecular flexibility index (Phi) is 9.11. The van der Waals surface area contributed by atoms with Crippen molar-refractivity contribution in [1.82, 2.24) is 0 Å². The molecule has 0 aliphatic heterocycles. The van der Waals surface area contributed by atoms with Crippen LogP contribution in [0.25, 0.3) is 0 Å². The van der Waals surface area contributed by atoms with Crippen LogP contribution in [0.4, 0.5) is 0 Å². The Morgan fingerprint density at radius 2 is 1.59 bits per heavy atom. The topological polar surface area (TPSA) is 61.8 Å². The Morgan fingerprint density at radius 1 is 1.00 bits per heavy atom. The predicted molar refractivity (Wildman–Crippen MR) is 119 cm³/mol. The molecule has 29 heavy (non-hydrogen) atoms. The van der Waals surface area contributed by atoms with Crippen molar-refractivity contribution in [2.45, 2.75) is 90.9 Å². The summed E-state index contributed by atoms with van der Waals surface area (Å²) in [6.45, 7) is 13.8. The summed E-state index contributed by atoms with van der Waals surface area (Å²) in [7, 11) is -3.65. The van der Waals surface area contributed by atoms with Gasteiger partial charge in [0.15, 0.2) is 11.1 Å². The lowest BCUT2D eigenvalue weighted by Crippen LogP contribution is -2.35. The van der Waals surface area contributed by atoms with E-state index >= 15 is 0 Å². The number of benzene rings is 1. The van der Waals surface area contributed by atoms with Crippen LogP contribution >= 0.6 is 7.60 Å². The van der Waals surface area contributed by atoms with E-state index in [1.54, 1.807) is 24.3 Å². The van der Waals surface area contributed by atoms with Gasteiger partial charge in [0.1, 0.15) is 0 Å². The second kappa shape index (κ2) is 10.7. The van der Waals surface area contributed by atoms with Gasteiger partial charge in [0.25, 0.3) is 0 Å². The smallest absolute Gasteiger partial charge is 0.302 e. The third kappa shape index (κ3) is 6.73. The van der Waals surface area contributed by atoms with E-state index in [4.69, 9.17) is 13.2 Å². The second-order valence-electron chi connectivity index (χ2n) is 8.97. The molecule has 0 aromatic heterocycles. The van der Waals surface area contributed by atoms with Crippen molar-refractivity contribution in [3.05, 3.63) is 24.3 Å². The minimum absolute atomic E-state index is 0.0796. The second-order valence-corrected chi connectivity index (χ2v) is 12.0. The molecule has 1 unspecified atom stereocenters. The Morgan fingerprint density at radius 3 is 2.14 bits per heavy atom. The molecule has 0 N–H and O–H groups in total. The van der Waals surface area contributed by atoms with E-state index in [9.17, 15) is 8.77 Å². The Bertz CT molecular complexity index is 720. The molecule has 1 saturated carbocycles. The fraction of sp³-hybridized carbons (Fsp3) is 0.727. The minimum atomic E-state index is -3.65. The summed E-state index contributed by atoms with van der Waals surface area (Å²) in [5.74, 6) is 1.37. The summed E-state index contributed by atoms with van der Waals surface area (Å²) < 4.78 is 44.5. The monoisotopic (exact) mass is 444 g/mol. The highest BCUT2D eigenvalue weighted by molar-refractivity contribution is 7.81. The van der Waals surface area contributed by atoms with Gasteiger partial charge in [0.2, 0.25) is 0 Å². The first-order chi connectivity index (χ1) is 13.5. The summed E-state index contributed by atoms with van der Waals surface area (Å²) in [6.07, 6.45) is 2.46. The summed E-state index contributed by atoms with van der Waals surface area (Å²) in [6, 6.07) is 6.90. The zero-order chi connectivity index (χ0) is 21.8. The summed E-state index contributed by atoms with van der Waals surface area (Å²) >= 11 is -1.75. The van der Waals surface area contributed by atoms with Gasteiger partial charge in [-0.15, -0.1) is 0 Å². The average molecular weight is 445 g/mol. The molecule has 1 aromatic carbocycles. The van der Waals surface area contributed by atoms with Gasteiger partial charge < -0.3 is 9.05 Å². The van der Waals surface area contributed by atoms with Gasteiger partial charge in [-0.2, -0.15) is 0 Å². The van der Waals surface area contributed by atoms with Crippen LogP contribution in [0.1, 0.15) is 67.7 Å². The fourth-order valence-electron chi connectivity index (χ4n) is 3.91. The van der Waals surface area contributed by atoms with Gasteiger partial charge in [-0.25, -0.2) is 4.21 Å². The Balaban J connectivity index is 2.35. The molecule has 0 heterocycles. The minimum Gasteiger partial charge on any atom is -0.302 e. The zero-order valence-corrected chi connectivity index (χ0v) is 20.5. The third-order valence-electron chi connectivity index (χ3n) is 5.21. The van der Waals surface area contributed by atoms with E-state index in [-0.39, 0.29) is 18.3 Å². The van der Waals surface area contributed by atoms with Crippen LogP contribution in [0.3, 0.4) is 0 Å². The predicted octanol–water partition coefficient (Wildman–Crippen LogP) is 5.86. The van der Waals surface area contributed by atoms with E-state index in [2.05, 4.69) is 20.8 Å². The van der Waals surface area contributed by atoms with Crippen molar-refractivity contribution in [3.63, 3.8) is 0 Å². The van der Waals surface area contributed by atoms with E-state index in [0.29, 0.717) is 28.0 Å². The van der Waals surface area contributed by atoms with Crippen molar-refractivity contribution in [2.75, 3.05) is 0 Å². The molecule has 1 aliphatic carbocycles. The zero-order valence-electron chi connectivity index (χ0n) is 18.8. The van der Waals surface area contributed by atoms with Gasteiger partial charge in [-0.1, -0.05) is 39.3 Å². The van der Waals surface area contributed by atoms with Crippen LogP contribution in [-0.4, -0.2) is 22.5 Å². The normalized spacial score (nSPS) is 24.4. The van der Waals surface area contributed by atoms with Crippen molar-refractivity contribution in [2.24, 2.45) is 17.8 Å². The molecule has 1 aromatic rings. The van der Waals surface area contributed by atoms with Crippen LogP contribution in [0.5, 0.6) is 0 Å². The van der Waals surface area contributed by atoms with Crippen molar-refractivity contribution >= 4 is 24.0 Å². The summed E-state index contributed by atoms with van der Waals surface area (Å²) in [5, 5.41) is 0.325. The molecule has 166 valence electrons.